The molecule has 1 heterocycles. The van der Waals surface area contributed by atoms with Crippen LogP contribution in [0.2, 0.25) is 0 Å². The zero-order valence-corrected chi connectivity index (χ0v) is 14.6. The molecular weight excluding hydrogens is 331 g/mol. The maximum Gasteiger partial charge on any atom is 0.159 e. The molecule has 0 amide bonds. The van der Waals surface area contributed by atoms with Crippen LogP contribution in [0, 0.1) is 12.7 Å². The largest absolute Gasteiger partial charge is 0.366 e. The van der Waals surface area contributed by atoms with E-state index in [1.54, 1.807) is 43.3 Å². The summed E-state index contributed by atoms with van der Waals surface area (Å²) in [6.45, 7) is 3.63. The van der Waals surface area contributed by atoms with Crippen LogP contribution in [0.1, 0.15) is 28.7 Å². The normalized spacial score (nSPS) is 10.4. The van der Waals surface area contributed by atoms with Crippen molar-refractivity contribution in [1.82, 2.24) is 9.97 Å². The smallest absolute Gasteiger partial charge is 0.159 e. The lowest BCUT2D eigenvalue weighted by Crippen LogP contribution is -2.06. The minimum Gasteiger partial charge on any atom is -0.366 e. The number of ketones is 1. The van der Waals surface area contributed by atoms with Crippen molar-refractivity contribution in [2.75, 3.05) is 10.6 Å². The lowest BCUT2D eigenvalue weighted by atomic mass is 10.1. The Hall–Kier alpha value is -3.28. The van der Waals surface area contributed by atoms with E-state index < -0.39 is 0 Å². The molecule has 0 saturated heterocycles. The molecule has 0 aliphatic rings. The zero-order chi connectivity index (χ0) is 18.5. The van der Waals surface area contributed by atoms with E-state index in [-0.39, 0.29) is 11.6 Å². The van der Waals surface area contributed by atoms with Gasteiger partial charge in [0, 0.05) is 29.4 Å². The summed E-state index contributed by atoms with van der Waals surface area (Å²) in [5, 5.41) is 6.29. The van der Waals surface area contributed by atoms with E-state index in [9.17, 15) is 9.18 Å². The van der Waals surface area contributed by atoms with Crippen LogP contribution in [0.3, 0.4) is 0 Å². The van der Waals surface area contributed by atoms with Crippen molar-refractivity contribution in [3.63, 3.8) is 0 Å². The third-order valence-electron chi connectivity index (χ3n) is 3.80. The van der Waals surface area contributed by atoms with Crippen LogP contribution in [-0.2, 0) is 6.54 Å². The molecular formula is C20H19FN4O. The third kappa shape index (κ3) is 4.42. The highest BCUT2D eigenvalue weighted by Crippen LogP contribution is 2.19. The number of anilines is 3. The second kappa shape index (κ2) is 7.74. The Morgan fingerprint density at radius 2 is 1.81 bits per heavy atom. The summed E-state index contributed by atoms with van der Waals surface area (Å²) >= 11 is 0. The summed E-state index contributed by atoms with van der Waals surface area (Å²) in [7, 11) is 0. The van der Waals surface area contributed by atoms with Crippen LogP contribution >= 0.6 is 0 Å². The van der Waals surface area contributed by atoms with Gasteiger partial charge in [-0.2, -0.15) is 0 Å². The molecule has 3 rings (SSSR count). The molecule has 6 heteroatoms. The maximum absolute atomic E-state index is 13.7. The van der Waals surface area contributed by atoms with Gasteiger partial charge in [-0.25, -0.2) is 14.4 Å². The molecule has 3 aromatic rings. The van der Waals surface area contributed by atoms with Crippen molar-refractivity contribution in [3.8, 4) is 0 Å². The molecule has 0 radical (unpaired) electrons. The molecule has 0 spiro atoms. The highest BCUT2D eigenvalue weighted by molar-refractivity contribution is 5.95. The first-order chi connectivity index (χ1) is 12.5. The maximum atomic E-state index is 13.7. The average Bonchev–Trinajstić information content (AvgIpc) is 2.61. The molecule has 5 nitrogen and oxygen atoms in total. The zero-order valence-electron chi connectivity index (χ0n) is 14.6. The first-order valence-corrected chi connectivity index (χ1v) is 8.22. The Morgan fingerprint density at radius 1 is 1.04 bits per heavy atom. The highest BCUT2D eigenvalue weighted by Gasteiger charge is 2.06. The van der Waals surface area contributed by atoms with Crippen molar-refractivity contribution < 1.29 is 9.18 Å². The molecule has 0 bridgehead atoms. The second-order valence-electron chi connectivity index (χ2n) is 5.89. The number of nitrogens with zero attached hydrogens (tertiary/aromatic N) is 2. The van der Waals surface area contributed by atoms with Gasteiger partial charge >= 0.3 is 0 Å². The van der Waals surface area contributed by atoms with Crippen molar-refractivity contribution in [2.24, 2.45) is 0 Å². The number of nitrogens with one attached hydrogen (secondary N) is 2. The second-order valence-corrected chi connectivity index (χ2v) is 5.89. The number of carbonyl (C=O) groups excluding carboxylic acids is 1. The van der Waals surface area contributed by atoms with Gasteiger partial charge in [0.05, 0.1) is 0 Å². The van der Waals surface area contributed by atoms with Crippen LogP contribution in [0.25, 0.3) is 0 Å². The summed E-state index contributed by atoms with van der Waals surface area (Å²) < 4.78 is 13.7. The van der Waals surface area contributed by atoms with E-state index in [0.29, 0.717) is 35.1 Å². The molecule has 0 fully saturated rings. The molecule has 0 aliphatic carbocycles. The van der Waals surface area contributed by atoms with E-state index in [4.69, 9.17) is 0 Å². The number of benzene rings is 2. The van der Waals surface area contributed by atoms with Gasteiger partial charge in [0.25, 0.3) is 0 Å². The van der Waals surface area contributed by atoms with Crippen LogP contribution < -0.4 is 10.6 Å². The molecule has 132 valence electrons. The summed E-state index contributed by atoms with van der Waals surface area (Å²) in [6.07, 6.45) is 0. The monoisotopic (exact) mass is 350 g/mol. The fourth-order valence-electron chi connectivity index (χ4n) is 2.51. The number of hydrogen-bond acceptors (Lipinski definition) is 5. The SMILES string of the molecule is CC(=O)c1cccc(Nc2cc(NCc3ccccc3F)nc(C)n2)c1. The summed E-state index contributed by atoms with van der Waals surface area (Å²) in [5.74, 6) is 1.50. The first-order valence-electron chi connectivity index (χ1n) is 8.22. The number of Topliss-reactive ketones (excluding diaryl/α,β-unsaturated/α-hetero) is 1. The number of halogens is 1. The standard InChI is InChI=1S/C20H19FN4O/c1-13(26)15-7-5-8-17(10-15)25-20-11-19(23-14(2)24-20)22-12-16-6-3-4-9-18(16)21/h3-11H,12H2,1-2H3,(H2,22,23,24,25). The van der Waals surface area contributed by atoms with E-state index in [0.717, 1.165) is 5.69 Å². The molecule has 1 aromatic heterocycles. The molecule has 2 N–H and O–H groups in total. The predicted molar refractivity (Wildman–Crippen MR) is 100 cm³/mol. The first kappa shape index (κ1) is 17.5. The number of carbonyl (C=O) groups is 1. The number of rotatable bonds is 6. The van der Waals surface area contributed by atoms with E-state index in [2.05, 4.69) is 20.6 Å². The predicted octanol–water partition coefficient (Wildman–Crippen LogP) is 4.48. The molecule has 0 saturated carbocycles. The van der Waals surface area contributed by atoms with Crippen molar-refractivity contribution >= 4 is 23.1 Å². The molecule has 0 atom stereocenters. The van der Waals surface area contributed by atoms with Crippen molar-refractivity contribution in [3.05, 3.63) is 77.4 Å². The minimum atomic E-state index is -0.259. The molecule has 26 heavy (non-hydrogen) atoms. The summed E-state index contributed by atoms with van der Waals surface area (Å²) in [4.78, 5) is 20.2. The third-order valence-corrected chi connectivity index (χ3v) is 3.80. The fraction of sp³-hybridized carbons (Fsp3) is 0.150. The van der Waals surface area contributed by atoms with Gasteiger partial charge in [0.1, 0.15) is 23.3 Å². The molecule has 2 aromatic carbocycles. The number of aryl methyl sites for hydroxylation is 1. The number of hydrogen-bond donors (Lipinski definition) is 2. The topological polar surface area (TPSA) is 66.9 Å². The Balaban J connectivity index is 1.76. The van der Waals surface area contributed by atoms with Gasteiger partial charge in [-0.1, -0.05) is 30.3 Å². The van der Waals surface area contributed by atoms with Crippen molar-refractivity contribution in [2.45, 2.75) is 20.4 Å². The Labute approximate surface area is 151 Å². The number of aromatic nitrogens is 2. The van der Waals surface area contributed by atoms with Gasteiger partial charge < -0.3 is 10.6 Å². The average molecular weight is 350 g/mol. The van der Waals surface area contributed by atoms with Gasteiger partial charge in [0.2, 0.25) is 0 Å². The van der Waals surface area contributed by atoms with E-state index >= 15 is 0 Å². The van der Waals surface area contributed by atoms with Gasteiger partial charge in [-0.15, -0.1) is 0 Å². The van der Waals surface area contributed by atoms with Gasteiger partial charge in [-0.05, 0) is 32.0 Å². The Morgan fingerprint density at radius 3 is 2.58 bits per heavy atom. The quantitative estimate of drug-likeness (QED) is 0.642. The Bertz CT molecular complexity index is 943. The Kier molecular flexibility index (Phi) is 5.22. The van der Waals surface area contributed by atoms with Crippen LogP contribution in [0.5, 0.6) is 0 Å². The summed E-state index contributed by atoms with van der Waals surface area (Å²) in [6, 6.07) is 15.5. The van der Waals surface area contributed by atoms with Crippen LogP contribution in [0.4, 0.5) is 21.7 Å². The fourth-order valence-corrected chi connectivity index (χ4v) is 2.51. The highest BCUT2D eigenvalue weighted by atomic mass is 19.1. The summed E-state index contributed by atoms with van der Waals surface area (Å²) in [5.41, 5.74) is 1.95. The molecule has 0 unspecified atom stereocenters. The lowest BCUT2D eigenvalue weighted by Gasteiger charge is -2.11. The van der Waals surface area contributed by atoms with Gasteiger partial charge in [0.15, 0.2) is 5.78 Å². The van der Waals surface area contributed by atoms with Crippen LogP contribution in [0.15, 0.2) is 54.6 Å². The van der Waals surface area contributed by atoms with E-state index in [1.807, 2.05) is 12.1 Å². The van der Waals surface area contributed by atoms with Crippen molar-refractivity contribution in [1.29, 1.82) is 0 Å². The lowest BCUT2D eigenvalue weighted by molar-refractivity contribution is 0.101. The van der Waals surface area contributed by atoms with Crippen LogP contribution in [-0.4, -0.2) is 15.8 Å². The van der Waals surface area contributed by atoms with Gasteiger partial charge in [-0.3, -0.25) is 4.79 Å². The minimum absolute atomic E-state index is 0.000221. The van der Waals surface area contributed by atoms with E-state index in [1.165, 1.54) is 13.0 Å². The molecule has 0 aliphatic heterocycles.